The third-order valence-electron chi connectivity index (χ3n) is 4.67. The van der Waals surface area contributed by atoms with Crippen LogP contribution in [0.15, 0.2) is 40.4 Å². The molecule has 2 N–H and O–H groups in total. The number of aryl methyl sites for hydroxylation is 1. The Morgan fingerprint density at radius 1 is 1.19 bits per heavy atom. The van der Waals surface area contributed by atoms with E-state index in [2.05, 4.69) is 5.18 Å². The minimum atomic E-state index is -0.881. The van der Waals surface area contributed by atoms with Crippen molar-refractivity contribution in [3.63, 3.8) is 0 Å². The number of carbonyl (C=O) groups is 1. The van der Waals surface area contributed by atoms with Crippen molar-refractivity contribution < 1.29 is 19.7 Å². The predicted molar refractivity (Wildman–Crippen MR) is 125 cm³/mol. The number of rotatable bonds is 14. The number of phenols is 1. The molecule has 2 rings (SSSR count). The summed E-state index contributed by atoms with van der Waals surface area (Å²) in [5.41, 5.74) is 2.30. The van der Waals surface area contributed by atoms with Gasteiger partial charge in [-0.3, -0.25) is 4.79 Å². The fourth-order valence-corrected chi connectivity index (χ4v) is 4.41. The zero-order valence-electron chi connectivity index (χ0n) is 17.6. The topological polar surface area (TPSA) is 96.2 Å². The van der Waals surface area contributed by atoms with Crippen LogP contribution in [-0.4, -0.2) is 35.1 Å². The van der Waals surface area contributed by atoms with E-state index in [1.807, 2.05) is 25.1 Å². The summed E-state index contributed by atoms with van der Waals surface area (Å²) in [6.07, 6.45) is 3.57. The summed E-state index contributed by atoms with van der Waals surface area (Å²) in [4.78, 5) is 22.0. The van der Waals surface area contributed by atoms with Crippen LogP contribution >= 0.6 is 23.4 Å². The maximum atomic E-state index is 10.8. The van der Waals surface area contributed by atoms with Crippen LogP contribution in [0.3, 0.4) is 0 Å². The molecule has 2 aromatic carbocycles. The molecule has 8 heteroatoms. The summed E-state index contributed by atoms with van der Waals surface area (Å²) < 4.78 is 5.94. The number of thioether (sulfide) groups is 1. The van der Waals surface area contributed by atoms with Gasteiger partial charge in [-0.05, 0) is 55.0 Å². The van der Waals surface area contributed by atoms with E-state index in [1.165, 1.54) is 0 Å². The predicted octanol–water partition coefficient (Wildman–Crippen LogP) is 5.89. The minimum Gasteiger partial charge on any atom is -0.507 e. The number of aromatic hydroxyl groups is 1. The maximum Gasteiger partial charge on any atom is 0.307 e. The molecule has 6 nitrogen and oxygen atoms in total. The molecule has 0 heterocycles. The van der Waals surface area contributed by atoms with E-state index >= 15 is 0 Å². The molecule has 168 valence electrons. The van der Waals surface area contributed by atoms with Crippen LogP contribution in [0.1, 0.15) is 42.9 Å². The first-order valence-electron chi connectivity index (χ1n) is 10.3. The van der Waals surface area contributed by atoms with Crippen molar-refractivity contribution in [2.45, 2.75) is 50.3 Å². The van der Waals surface area contributed by atoms with E-state index in [0.29, 0.717) is 42.2 Å². The molecule has 0 bridgehead atoms. The Balaban J connectivity index is 1.88. The summed E-state index contributed by atoms with van der Waals surface area (Å²) in [5.74, 6) is 0.864. The highest BCUT2D eigenvalue weighted by molar-refractivity contribution is 7.99. The van der Waals surface area contributed by atoms with Crippen molar-refractivity contribution in [1.82, 2.24) is 0 Å². The molecular formula is C23H28ClNO5S. The summed E-state index contributed by atoms with van der Waals surface area (Å²) >= 11 is 7.86. The highest BCUT2D eigenvalue weighted by Crippen LogP contribution is 2.34. The van der Waals surface area contributed by atoms with Crippen LogP contribution in [-0.2, 0) is 24.1 Å². The van der Waals surface area contributed by atoms with Crippen LogP contribution in [0.5, 0.6) is 11.5 Å². The van der Waals surface area contributed by atoms with Gasteiger partial charge in [0.25, 0.3) is 0 Å². The standard InChI is InChI=1S/C23H28ClNO5S/c1-2-5-18-20(9-8-17(23(18)28)6-3-11-25-29)30-12-4-13-31-21-10-7-16(14-19(21)24)15-22(26)27/h7-10,14,28H,2-6,11-13,15H2,1H3,(H,26,27). The molecule has 0 aliphatic rings. The average molecular weight is 466 g/mol. The van der Waals surface area contributed by atoms with Gasteiger partial charge >= 0.3 is 5.97 Å². The van der Waals surface area contributed by atoms with E-state index in [1.54, 1.807) is 23.9 Å². The smallest absolute Gasteiger partial charge is 0.307 e. The van der Waals surface area contributed by atoms with Crippen molar-refractivity contribution >= 4 is 29.3 Å². The Morgan fingerprint density at radius 2 is 2.00 bits per heavy atom. The summed E-state index contributed by atoms with van der Waals surface area (Å²) in [5, 5.41) is 22.9. The van der Waals surface area contributed by atoms with Crippen molar-refractivity contribution in [2.24, 2.45) is 5.18 Å². The Bertz CT molecular complexity index is 891. The molecule has 0 radical (unpaired) electrons. The first kappa shape index (κ1) is 25.0. The number of benzene rings is 2. The minimum absolute atomic E-state index is 0.0434. The molecule has 2 aromatic rings. The number of ether oxygens (including phenoxy) is 1. The first-order chi connectivity index (χ1) is 15.0. The molecule has 0 amide bonds. The summed E-state index contributed by atoms with van der Waals surface area (Å²) in [6, 6.07) is 9.07. The highest BCUT2D eigenvalue weighted by Gasteiger charge is 2.13. The van der Waals surface area contributed by atoms with E-state index in [-0.39, 0.29) is 18.7 Å². The van der Waals surface area contributed by atoms with Crippen LogP contribution in [0.25, 0.3) is 0 Å². The van der Waals surface area contributed by atoms with E-state index in [0.717, 1.165) is 34.6 Å². The van der Waals surface area contributed by atoms with Gasteiger partial charge < -0.3 is 14.9 Å². The van der Waals surface area contributed by atoms with Crippen LogP contribution < -0.4 is 4.74 Å². The van der Waals surface area contributed by atoms with E-state index < -0.39 is 5.97 Å². The molecule has 0 atom stereocenters. The quantitative estimate of drug-likeness (QED) is 0.205. The van der Waals surface area contributed by atoms with Gasteiger partial charge in [-0.15, -0.1) is 11.8 Å². The number of nitroso groups, excluding NO2 is 1. The second kappa shape index (κ2) is 13.2. The second-order valence-corrected chi connectivity index (χ2v) is 8.69. The van der Waals surface area contributed by atoms with Gasteiger partial charge in [0.1, 0.15) is 11.5 Å². The molecule has 0 fully saturated rings. The Hall–Kier alpha value is -2.25. The van der Waals surface area contributed by atoms with Crippen LogP contribution in [0, 0.1) is 4.91 Å². The van der Waals surface area contributed by atoms with Crippen molar-refractivity contribution in [2.75, 3.05) is 18.9 Å². The van der Waals surface area contributed by atoms with E-state index in [9.17, 15) is 14.8 Å². The van der Waals surface area contributed by atoms with Gasteiger partial charge in [0, 0.05) is 16.2 Å². The zero-order chi connectivity index (χ0) is 22.6. The number of aliphatic carboxylic acids is 1. The lowest BCUT2D eigenvalue weighted by atomic mass is 10.0. The number of halogens is 1. The van der Waals surface area contributed by atoms with Crippen LogP contribution in [0.2, 0.25) is 5.02 Å². The highest BCUT2D eigenvalue weighted by atomic mass is 35.5. The van der Waals surface area contributed by atoms with Gasteiger partial charge in [0.15, 0.2) is 0 Å². The lowest BCUT2D eigenvalue weighted by molar-refractivity contribution is -0.136. The first-order valence-corrected chi connectivity index (χ1v) is 11.7. The van der Waals surface area contributed by atoms with Crippen molar-refractivity contribution in [1.29, 1.82) is 0 Å². The molecule has 0 spiro atoms. The van der Waals surface area contributed by atoms with Gasteiger partial charge in [0.05, 0.1) is 24.6 Å². The summed E-state index contributed by atoms with van der Waals surface area (Å²) in [7, 11) is 0. The van der Waals surface area contributed by atoms with Crippen LogP contribution in [0.4, 0.5) is 0 Å². The van der Waals surface area contributed by atoms with Gasteiger partial charge in [0.2, 0.25) is 0 Å². The number of carboxylic acids is 1. The molecule has 0 unspecified atom stereocenters. The molecule has 0 saturated carbocycles. The summed E-state index contributed by atoms with van der Waals surface area (Å²) in [6.45, 7) is 2.80. The fraction of sp³-hybridized carbons (Fsp3) is 0.435. The lowest BCUT2D eigenvalue weighted by Crippen LogP contribution is -2.03. The largest absolute Gasteiger partial charge is 0.507 e. The molecule has 0 aliphatic heterocycles. The zero-order valence-corrected chi connectivity index (χ0v) is 19.2. The SMILES string of the molecule is CCCc1c(OCCCSc2ccc(CC(=O)O)cc2Cl)ccc(CCCN=O)c1O. The molecule has 0 aromatic heterocycles. The Morgan fingerprint density at radius 3 is 2.68 bits per heavy atom. The van der Waals surface area contributed by atoms with Gasteiger partial charge in [-0.25, -0.2) is 0 Å². The fourth-order valence-electron chi connectivity index (χ4n) is 3.20. The average Bonchev–Trinajstić information content (AvgIpc) is 2.72. The van der Waals surface area contributed by atoms with Crippen molar-refractivity contribution in [3.05, 3.63) is 57.0 Å². The molecule has 0 aliphatic carbocycles. The van der Waals surface area contributed by atoms with Gasteiger partial charge in [-0.1, -0.05) is 42.3 Å². The van der Waals surface area contributed by atoms with Gasteiger partial charge in [-0.2, -0.15) is 4.91 Å². The third kappa shape index (κ3) is 8.07. The maximum absolute atomic E-state index is 10.8. The number of hydrogen-bond donors (Lipinski definition) is 2. The lowest BCUT2D eigenvalue weighted by Gasteiger charge is -2.15. The number of nitrogens with zero attached hydrogens (tertiary/aromatic N) is 1. The van der Waals surface area contributed by atoms with E-state index in [4.69, 9.17) is 21.4 Å². The molecular weight excluding hydrogens is 438 g/mol. The Labute approximate surface area is 191 Å². The van der Waals surface area contributed by atoms with Crippen molar-refractivity contribution in [3.8, 4) is 11.5 Å². The number of hydrogen-bond acceptors (Lipinski definition) is 6. The Kier molecular flexibility index (Phi) is 10.7. The third-order valence-corrected chi connectivity index (χ3v) is 6.26. The normalized spacial score (nSPS) is 10.8. The number of carboxylic acid groups (broad SMARTS) is 1. The second-order valence-electron chi connectivity index (χ2n) is 7.14. The molecule has 31 heavy (non-hydrogen) atoms. The monoisotopic (exact) mass is 465 g/mol. The number of phenolic OH excluding ortho intramolecular Hbond substituents is 1. The molecule has 0 saturated heterocycles.